The first-order valence-electron chi connectivity index (χ1n) is 7.41. The Balaban J connectivity index is 2.11. The fourth-order valence-electron chi connectivity index (χ4n) is 3.38. The molecule has 0 spiro atoms. The minimum Gasteiger partial charge on any atom is -0.504 e. The van der Waals surface area contributed by atoms with Gasteiger partial charge in [0, 0.05) is 25.6 Å². The lowest BCUT2D eigenvalue weighted by Crippen LogP contribution is -1.78. The highest BCUT2D eigenvalue weighted by Crippen LogP contribution is 2.45. The van der Waals surface area contributed by atoms with Gasteiger partial charge in [0.25, 0.3) is 0 Å². The third-order valence-corrected chi connectivity index (χ3v) is 5.66. The Kier molecular flexibility index (Phi) is 2.42. The van der Waals surface area contributed by atoms with Gasteiger partial charge < -0.3 is 10.2 Å². The van der Waals surface area contributed by atoms with Gasteiger partial charge in [0.2, 0.25) is 0 Å². The molecule has 5 rings (SSSR count). The van der Waals surface area contributed by atoms with Crippen LogP contribution in [0.15, 0.2) is 60.7 Å². The first-order chi connectivity index (χ1) is 11.2. The second kappa shape index (κ2) is 4.37. The second-order valence-electron chi connectivity index (χ2n) is 5.74. The topological polar surface area (TPSA) is 40.5 Å². The van der Waals surface area contributed by atoms with Gasteiger partial charge in [0.1, 0.15) is 0 Å². The van der Waals surface area contributed by atoms with Gasteiger partial charge in [-0.1, -0.05) is 48.5 Å². The SMILES string of the molecule is Oc1ccc2ccc3sc4c5ccccc5ccc4c3c2c1O. The number of thiophene rings is 1. The van der Waals surface area contributed by atoms with Crippen LogP contribution in [0.2, 0.25) is 0 Å². The van der Waals surface area contributed by atoms with Crippen LogP contribution in [0.25, 0.3) is 41.7 Å². The Morgan fingerprint density at radius 3 is 2.35 bits per heavy atom. The summed E-state index contributed by atoms with van der Waals surface area (Å²) in [6.45, 7) is 0. The quantitative estimate of drug-likeness (QED) is 0.356. The molecule has 1 aromatic heterocycles. The van der Waals surface area contributed by atoms with Crippen molar-refractivity contribution in [1.29, 1.82) is 0 Å². The van der Waals surface area contributed by atoms with E-state index < -0.39 is 0 Å². The van der Waals surface area contributed by atoms with E-state index in [9.17, 15) is 10.2 Å². The highest BCUT2D eigenvalue weighted by molar-refractivity contribution is 7.26. The molecule has 0 radical (unpaired) electrons. The summed E-state index contributed by atoms with van der Waals surface area (Å²) in [6.07, 6.45) is 0. The Morgan fingerprint density at radius 1 is 0.652 bits per heavy atom. The maximum absolute atomic E-state index is 10.4. The standard InChI is InChI=1S/C20H12O2S/c21-15-9-6-12-7-10-16-18(17(12)19(15)22)14-8-5-11-3-1-2-4-13(11)20(14)23-16/h1-10,21-22H. The van der Waals surface area contributed by atoms with Crippen LogP contribution in [0.4, 0.5) is 0 Å². The van der Waals surface area contributed by atoms with Gasteiger partial charge in [-0.3, -0.25) is 0 Å². The van der Waals surface area contributed by atoms with Crippen LogP contribution < -0.4 is 0 Å². The van der Waals surface area contributed by atoms with E-state index in [0.717, 1.165) is 26.2 Å². The van der Waals surface area contributed by atoms with Gasteiger partial charge in [0.05, 0.1) is 0 Å². The summed E-state index contributed by atoms with van der Waals surface area (Å²) in [5.41, 5.74) is 0. The number of benzene rings is 4. The lowest BCUT2D eigenvalue weighted by atomic mass is 10.0. The fourth-order valence-corrected chi connectivity index (χ4v) is 4.63. The van der Waals surface area contributed by atoms with Crippen LogP contribution in [-0.4, -0.2) is 10.2 Å². The number of phenols is 2. The van der Waals surface area contributed by atoms with E-state index in [4.69, 9.17) is 0 Å². The van der Waals surface area contributed by atoms with Gasteiger partial charge in [-0.2, -0.15) is 0 Å². The predicted molar refractivity (Wildman–Crippen MR) is 97.7 cm³/mol. The van der Waals surface area contributed by atoms with E-state index in [1.165, 1.54) is 21.5 Å². The van der Waals surface area contributed by atoms with Crippen molar-refractivity contribution in [2.45, 2.75) is 0 Å². The number of rotatable bonds is 0. The van der Waals surface area contributed by atoms with Crippen LogP contribution in [0.3, 0.4) is 0 Å². The molecule has 23 heavy (non-hydrogen) atoms. The molecule has 0 saturated heterocycles. The molecule has 4 aromatic carbocycles. The zero-order chi connectivity index (χ0) is 15.6. The summed E-state index contributed by atoms with van der Waals surface area (Å²) in [4.78, 5) is 0. The van der Waals surface area contributed by atoms with E-state index in [0.29, 0.717) is 0 Å². The lowest BCUT2D eigenvalue weighted by Gasteiger charge is -2.05. The number of hydrogen-bond acceptors (Lipinski definition) is 3. The molecule has 0 unspecified atom stereocenters. The highest BCUT2D eigenvalue weighted by atomic mass is 32.1. The molecule has 0 saturated carbocycles. The summed E-state index contributed by atoms with van der Waals surface area (Å²) in [6, 6.07) is 20.0. The van der Waals surface area contributed by atoms with Gasteiger partial charge in [-0.15, -0.1) is 11.3 Å². The van der Waals surface area contributed by atoms with Crippen molar-refractivity contribution in [3.63, 3.8) is 0 Å². The van der Waals surface area contributed by atoms with E-state index in [1.807, 2.05) is 24.3 Å². The van der Waals surface area contributed by atoms with Crippen LogP contribution in [0.1, 0.15) is 0 Å². The Bertz CT molecular complexity index is 1230. The van der Waals surface area contributed by atoms with Gasteiger partial charge >= 0.3 is 0 Å². The summed E-state index contributed by atoms with van der Waals surface area (Å²) < 4.78 is 2.33. The van der Waals surface area contributed by atoms with Gasteiger partial charge in [-0.05, 0) is 28.3 Å². The van der Waals surface area contributed by atoms with E-state index in [1.54, 1.807) is 11.3 Å². The first kappa shape index (κ1) is 12.7. The Morgan fingerprint density at radius 2 is 1.43 bits per heavy atom. The maximum atomic E-state index is 10.4. The monoisotopic (exact) mass is 316 g/mol. The first-order valence-corrected chi connectivity index (χ1v) is 8.23. The molecular formula is C20H12O2S. The van der Waals surface area contributed by atoms with Crippen molar-refractivity contribution >= 4 is 53.1 Å². The zero-order valence-electron chi connectivity index (χ0n) is 12.1. The predicted octanol–water partition coefficient (Wildman–Crippen LogP) is 5.77. The average molecular weight is 316 g/mol. The maximum Gasteiger partial charge on any atom is 0.166 e. The second-order valence-corrected chi connectivity index (χ2v) is 6.79. The Labute approximate surface area is 135 Å². The largest absolute Gasteiger partial charge is 0.504 e. The van der Waals surface area contributed by atoms with E-state index >= 15 is 0 Å². The number of phenolic OH excluding ortho intramolecular Hbond substituents is 2. The molecule has 1 heterocycles. The minimum atomic E-state index is -0.0786. The van der Waals surface area contributed by atoms with Crippen molar-refractivity contribution in [3.05, 3.63) is 60.7 Å². The van der Waals surface area contributed by atoms with Crippen LogP contribution in [-0.2, 0) is 0 Å². The van der Waals surface area contributed by atoms with Crippen molar-refractivity contribution in [1.82, 2.24) is 0 Å². The number of fused-ring (bicyclic) bond motifs is 7. The van der Waals surface area contributed by atoms with Crippen molar-refractivity contribution in [2.24, 2.45) is 0 Å². The highest BCUT2D eigenvalue weighted by Gasteiger charge is 2.15. The molecule has 0 atom stereocenters. The minimum absolute atomic E-state index is 0.0408. The normalized spacial score (nSPS) is 11.8. The summed E-state index contributed by atoms with van der Waals surface area (Å²) >= 11 is 1.73. The zero-order valence-corrected chi connectivity index (χ0v) is 12.9. The summed E-state index contributed by atoms with van der Waals surface area (Å²) in [5, 5.41) is 26.5. The molecule has 0 aliphatic rings. The smallest absolute Gasteiger partial charge is 0.166 e. The number of aromatic hydroxyl groups is 2. The van der Waals surface area contributed by atoms with Crippen molar-refractivity contribution < 1.29 is 10.2 Å². The molecular weight excluding hydrogens is 304 g/mol. The third-order valence-electron chi connectivity index (χ3n) is 4.46. The molecule has 0 aliphatic carbocycles. The molecule has 5 aromatic rings. The molecule has 2 N–H and O–H groups in total. The molecule has 3 heteroatoms. The van der Waals surface area contributed by atoms with Gasteiger partial charge in [-0.25, -0.2) is 0 Å². The van der Waals surface area contributed by atoms with Crippen molar-refractivity contribution in [2.75, 3.05) is 0 Å². The summed E-state index contributed by atoms with van der Waals surface area (Å²) in [7, 11) is 0. The molecule has 0 bridgehead atoms. The molecule has 2 nitrogen and oxygen atoms in total. The molecule has 0 fully saturated rings. The molecule has 110 valence electrons. The van der Waals surface area contributed by atoms with Gasteiger partial charge in [0.15, 0.2) is 11.5 Å². The fraction of sp³-hybridized carbons (Fsp3) is 0. The van der Waals surface area contributed by atoms with Crippen LogP contribution >= 0.6 is 11.3 Å². The average Bonchev–Trinajstić information content (AvgIpc) is 2.97. The van der Waals surface area contributed by atoms with E-state index in [2.05, 4.69) is 30.3 Å². The number of hydrogen-bond donors (Lipinski definition) is 2. The molecule has 0 amide bonds. The van der Waals surface area contributed by atoms with Crippen LogP contribution in [0.5, 0.6) is 11.5 Å². The van der Waals surface area contributed by atoms with Crippen molar-refractivity contribution in [3.8, 4) is 11.5 Å². The summed E-state index contributed by atoms with van der Waals surface area (Å²) in [5.74, 6) is -0.119. The van der Waals surface area contributed by atoms with Crippen LogP contribution in [0, 0.1) is 0 Å². The van der Waals surface area contributed by atoms with E-state index in [-0.39, 0.29) is 11.5 Å². The third kappa shape index (κ3) is 1.63. The molecule has 0 aliphatic heterocycles. The Hall–Kier alpha value is -2.78. The lowest BCUT2D eigenvalue weighted by molar-refractivity contribution is 0.408.